The van der Waals surface area contributed by atoms with Crippen molar-refractivity contribution in [3.8, 4) is 0 Å². The molecule has 6 nitrogen and oxygen atoms in total. The number of hydrogen-bond acceptors (Lipinski definition) is 5. The minimum atomic E-state index is -0.360. The van der Waals surface area contributed by atoms with Gasteiger partial charge in [-0.25, -0.2) is 9.37 Å². The van der Waals surface area contributed by atoms with E-state index < -0.39 is 0 Å². The molecule has 0 aliphatic carbocycles. The molecule has 0 aliphatic heterocycles. The number of nitrogens with two attached hydrogens (primary N) is 1. The maximum absolute atomic E-state index is 13.6. The highest BCUT2D eigenvalue weighted by Crippen LogP contribution is 2.28. The number of H-pyrrole nitrogens is 1. The number of halogens is 2. The van der Waals surface area contributed by atoms with Crippen molar-refractivity contribution in [1.29, 1.82) is 0 Å². The molecule has 0 aliphatic rings. The van der Waals surface area contributed by atoms with Crippen LogP contribution in [0.2, 0.25) is 0 Å². The van der Waals surface area contributed by atoms with Crippen LogP contribution in [-0.2, 0) is 0 Å². The van der Waals surface area contributed by atoms with Crippen LogP contribution in [0.5, 0.6) is 0 Å². The number of hydrogen-bond donors (Lipinski definition) is 3. The predicted octanol–water partition coefficient (Wildman–Crippen LogP) is 2.89. The van der Waals surface area contributed by atoms with Crippen LogP contribution >= 0.6 is 15.9 Å². The number of aryl methyl sites for hydroxylation is 1. The van der Waals surface area contributed by atoms with Crippen molar-refractivity contribution in [2.45, 2.75) is 6.92 Å². The van der Waals surface area contributed by atoms with Gasteiger partial charge in [-0.1, -0.05) is 0 Å². The number of nitrogens with one attached hydrogen (secondary N) is 2. The van der Waals surface area contributed by atoms with Gasteiger partial charge >= 0.3 is 0 Å². The van der Waals surface area contributed by atoms with Gasteiger partial charge in [0.05, 0.1) is 10.8 Å². The van der Waals surface area contributed by atoms with E-state index in [9.17, 15) is 4.39 Å². The highest BCUT2D eigenvalue weighted by molar-refractivity contribution is 9.10. The summed E-state index contributed by atoms with van der Waals surface area (Å²) in [7, 11) is 0. The Kier molecular flexibility index (Phi) is 3.01. The Hall–Kier alpha value is -2.22. The molecule has 0 fully saturated rings. The van der Waals surface area contributed by atoms with Gasteiger partial charge in [-0.2, -0.15) is 9.97 Å². The molecule has 102 valence electrons. The minimum Gasteiger partial charge on any atom is -0.368 e. The van der Waals surface area contributed by atoms with Gasteiger partial charge in [0.1, 0.15) is 11.3 Å². The van der Waals surface area contributed by atoms with Gasteiger partial charge in [-0.05, 0) is 40.5 Å². The van der Waals surface area contributed by atoms with Crippen molar-refractivity contribution >= 4 is 44.5 Å². The summed E-state index contributed by atoms with van der Waals surface area (Å²) in [5.74, 6) is 0.193. The summed E-state index contributed by atoms with van der Waals surface area (Å²) in [5, 5.41) is 3.05. The maximum atomic E-state index is 13.6. The smallest absolute Gasteiger partial charge is 0.224 e. The van der Waals surface area contributed by atoms with Gasteiger partial charge in [-0.3, -0.25) is 0 Å². The molecule has 0 saturated heterocycles. The number of nitrogen functional groups attached to an aromatic ring is 1. The summed E-state index contributed by atoms with van der Waals surface area (Å²) in [6, 6.07) is 3.08. The summed E-state index contributed by atoms with van der Waals surface area (Å²) in [4.78, 5) is 15.1. The monoisotopic (exact) mass is 336 g/mol. The fourth-order valence-corrected chi connectivity index (χ4v) is 2.31. The molecule has 20 heavy (non-hydrogen) atoms. The van der Waals surface area contributed by atoms with E-state index in [0.29, 0.717) is 27.1 Å². The van der Waals surface area contributed by atoms with Crippen LogP contribution in [-0.4, -0.2) is 19.9 Å². The zero-order chi connectivity index (χ0) is 14.3. The van der Waals surface area contributed by atoms with Crippen molar-refractivity contribution < 1.29 is 4.39 Å². The molecule has 0 amide bonds. The van der Waals surface area contributed by atoms with Gasteiger partial charge in [0.25, 0.3) is 0 Å². The van der Waals surface area contributed by atoms with Crippen LogP contribution in [0.15, 0.2) is 22.9 Å². The summed E-state index contributed by atoms with van der Waals surface area (Å²) >= 11 is 3.15. The second-order valence-electron chi connectivity index (χ2n) is 4.24. The molecule has 3 aromatic rings. The average Bonchev–Trinajstić information content (AvgIpc) is 2.84. The molecular formula is C12H10BrFN6. The first-order valence-electron chi connectivity index (χ1n) is 5.74. The van der Waals surface area contributed by atoms with Crippen LogP contribution in [0.4, 0.5) is 21.8 Å². The molecule has 8 heteroatoms. The largest absolute Gasteiger partial charge is 0.368 e. The van der Waals surface area contributed by atoms with E-state index >= 15 is 0 Å². The molecule has 4 N–H and O–H groups in total. The number of benzene rings is 1. The van der Waals surface area contributed by atoms with Crippen molar-refractivity contribution in [3.05, 3.63) is 34.3 Å². The van der Waals surface area contributed by atoms with E-state index in [-0.39, 0.29) is 11.8 Å². The summed E-state index contributed by atoms with van der Waals surface area (Å²) < 4.78 is 14.0. The lowest BCUT2D eigenvalue weighted by atomic mass is 10.2. The third-order valence-electron chi connectivity index (χ3n) is 2.82. The molecule has 0 spiro atoms. The summed E-state index contributed by atoms with van der Waals surface area (Å²) in [6.45, 7) is 1.86. The Labute approximate surface area is 121 Å². The number of rotatable bonds is 2. The average molecular weight is 337 g/mol. The molecule has 0 unspecified atom stereocenters. The molecule has 2 aromatic heterocycles. The lowest BCUT2D eigenvalue weighted by Crippen LogP contribution is -2.02. The normalized spacial score (nSPS) is 10.9. The van der Waals surface area contributed by atoms with Crippen molar-refractivity contribution in [2.24, 2.45) is 0 Å². The second-order valence-corrected chi connectivity index (χ2v) is 5.09. The van der Waals surface area contributed by atoms with Crippen molar-refractivity contribution in [3.63, 3.8) is 0 Å². The Bertz CT molecular complexity index is 800. The first-order chi connectivity index (χ1) is 9.54. The number of aromatic amines is 1. The van der Waals surface area contributed by atoms with E-state index in [1.54, 1.807) is 6.07 Å². The Morgan fingerprint density at radius 2 is 2.15 bits per heavy atom. The van der Waals surface area contributed by atoms with E-state index in [1.165, 1.54) is 12.4 Å². The Balaban J connectivity index is 2.09. The first-order valence-corrected chi connectivity index (χ1v) is 6.53. The zero-order valence-corrected chi connectivity index (χ0v) is 12.0. The van der Waals surface area contributed by atoms with Crippen LogP contribution in [0.1, 0.15) is 5.56 Å². The summed E-state index contributed by atoms with van der Waals surface area (Å²) in [5.41, 5.74) is 8.16. The van der Waals surface area contributed by atoms with Crippen molar-refractivity contribution in [2.75, 3.05) is 11.1 Å². The number of anilines is 3. The third-order valence-corrected chi connectivity index (χ3v) is 3.43. The SMILES string of the molecule is Cc1cc(Br)c(F)cc1Nc1nc(N)nc2nc[nH]c12. The molecule has 1 aromatic carbocycles. The van der Waals surface area contributed by atoms with E-state index in [4.69, 9.17) is 5.73 Å². The zero-order valence-electron chi connectivity index (χ0n) is 10.4. The standard InChI is InChI=1S/C12H10BrFN6/c1-5-2-6(13)7(14)3-8(5)18-11-9-10(17-4-16-9)19-12(15)20-11/h2-4H,1H3,(H4,15,16,17,18,19,20). The van der Waals surface area contributed by atoms with Crippen LogP contribution < -0.4 is 11.1 Å². The van der Waals surface area contributed by atoms with Gasteiger partial charge in [0.15, 0.2) is 11.5 Å². The minimum absolute atomic E-state index is 0.0994. The Morgan fingerprint density at radius 1 is 1.35 bits per heavy atom. The highest BCUT2D eigenvalue weighted by atomic mass is 79.9. The first kappa shape index (κ1) is 12.8. The highest BCUT2D eigenvalue weighted by Gasteiger charge is 2.11. The van der Waals surface area contributed by atoms with Crippen LogP contribution in [0, 0.1) is 12.7 Å². The van der Waals surface area contributed by atoms with Gasteiger partial charge in [0.2, 0.25) is 5.95 Å². The van der Waals surface area contributed by atoms with E-state index in [1.807, 2.05) is 6.92 Å². The van der Waals surface area contributed by atoms with Crippen LogP contribution in [0.3, 0.4) is 0 Å². The molecule has 2 heterocycles. The lowest BCUT2D eigenvalue weighted by molar-refractivity contribution is 0.621. The Morgan fingerprint density at radius 3 is 2.95 bits per heavy atom. The molecule has 0 bridgehead atoms. The number of imidazole rings is 1. The number of fused-ring (bicyclic) bond motifs is 1. The van der Waals surface area contributed by atoms with Crippen molar-refractivity contribution in [1.82, 2.24) is 19.9 Å². The van der Waals surface area contributed by atoms with Gasteiger partial charge in [-0.15, -0.1) is 0 Å². The van der Waals surface area contributed by atoms with Gasteiger partial charge in [0, 0.05) is 5.69 Å². The number of nitrogens with zero attached hydrogens (tertiary/aromatic N) is 3. The third kappa shape index (κ3) is 2.18. The lowest BCUT2D eigenvalue weighted by Gasteiger charge is -2.10. The topological polar surface area (TPSA) is 92.5 Å². The number of aromatic nitrogens is 4. The van der Waals surface area contributed by atoms with E-state index in [0.717, 1.165) is 5.56 Å². The molecule has 3 rings (SSSR count). The predicted molar refractivity (Wildman–Crippen MR) is 78.2 cm³/mol. The van der Waals surface area contributed by atoms with Crippen LogP contribution in [0.25, 0.3) is 11.2 Å². The molecule has 0 atom stereocenters. The fraction of sp³-hybridized carbons (Fsp3) is 0.0833. The molecule has 0 radical (unpaired) electrons. The van der Waals surface area contributed by atoms with E-state index in [2.05, 4.69) is 41.2 Å². The quantitative estimate of drug-likeness (QED) is 0.669. The second kappa shape index (κ2) is 4.71. The maximum Gasteiger partial charge on any atom is 0.224 e. The fourth-order valence-electron chi connectivity index (χ4n) is 1.85. The molecular weight excluding hydrogens is 327 g/mol. The summed E-state index contributed by atoms with van der Waals surface area (Å²) in [6.07, 6.45) is 1.50. The molecule has 0 saturated carbocycles. The van der Waals surface area contributed by atoms with Gasteiger partial charge < -0.3 is 16.0 Å².